The molecule has 0 saturated heterocycles. The Morgan fingerprint density at radius 2 is 1.71 bits per heavy atom. The van der Waals surface area contributed by atoms with Gasteiger partial charge in [-0.05, 0) is 18.6 Å². The van der Waals surface area contributed by atoms with Crippen molar-refractivity contribution < 1.29 is 26.9 Å². The van der Waals surface area contributed by atoms with Crippen LogP contribution in [0.25, 0.3) is 0 Å². The fourth-order valence-corrected chi connectivity index (χ4v) is 1.27. The molecule has 1 aromatic carbocycles. The van der Waals surface area contributed by atoms with Gasteiger partial charge in [0.25, 0.3) is 5.69 Å². The Balaban J connectivity index is 3.30. The molecule has 1 aromatic rings. The normalized spacial score (nSPS) is 12.6. The number of hydrogen-bond donors (Lipinski definition) is 0. The first-order valence-corrected chi connectivity index (χ1v) is 4.27. The fourth-order valence-electron chi connectivity index (χ4n) is 1.27. The van der Waals surface area contributed by atoms with E-state index < -0.39 is 33.8 Å². The van der Waals surface area contributed by atoms with Crippen LogP contribution in [0.5, 0.6) is 0 Å². The first kappa shape index (κ1) is 13.3. The van der Waals surface area contributed by atoms with Gasteiger partial charge in [0.2, 0.25) is 0 Å². The van der Waals surface area contributed by atoms with Gasteiger partial charge in [-0.2, -0.15) is 22.0 Å². The minimum Gasteiger partial charge on any atom is -0.258 e. The maximum Gasteiger partial charge on any atom is 0.458 e. The van der Waals surface area contributed by atoms with Crippen molar-refractivity contribution in [3.05, 3.63) is 39.4 Å². The number of nitrogens with zero attached hydrogens (tertiary/aromatic N) is 1. The van der Waals surface area contributed by atoms with E-state index in [1.165, 1.54) is 0 Å². The lowest BCUT2D eigenvalue weighted by Gasteiger charge is -2.21. The number of alkyl halides is 5. The number of non-ortho nitro benzene ring substituents is 1. The Kier molecular flexibility index (Phi) is 3.09. The fraction of sp³-hybridized carbons (Fsp3) is 0.333. The first-order valence-electron chi connectivity index (χ1n) is 4.27. The van der Waals surface area contributed by atoms with Crippen LogP contribution < -0.4 is 0 Å². The molecule has 0 N–H and O–H groups in total. The van der Waals surface area contributed by atoms with E-state index in [1.807, 2.05) is 0 Å². The Morgan fingerprint density at radius 1 is 1.18 bits per heavy atom. The summed E-state index contributed by atoms with van der Waals surface area (Å²) in [4.78, 5) is 9.43. The van der Waals surface area contributed by atoms with Gasteiger partial charge in [0.15, 0.2) is 0 Å². The number of hydrogen-bond acceptors (Lipinski definition) is 2. The lowest BCUT2D eigenvalue weighted by molar-refractivity contribution is -0.385. The van der Waals surface area contributed by atoms with Crippen LogP contribution in [0.1, 0.15) is 11.1 Å². The zero-order chi connectivity index (χ0) is 13.4. The number of nitro groups is 1. The van der Waals surface area contributed by atoms with Gasteiger partial charge < -0.3 is 0 Å². The summed E-state index contributed by atoms with van der Waals surface area (Å²) in [6.07, 6.45) is -5.73. The van der Waals surface area contributed by atoms with Crippen LogP contribution in [-0.4, -0.2) is 11.1 Å². The molecule has 0 bridgehead atoms. The molecule has 0 amide bonds. The van der Waals surface area contributed by atoms with Crippen molar-refractivity contribution in [1.29, 1.82) is 0 Å². The number of nitro benzene ring substituents is 1. The van der Waals surface area contributed by atoms with E-state index in [-0.39, 0.29) is 0 Å². The first-order chi connectivity index (χ1) is 7.57. The largest absolute Gasteiger partial charge is 0.458 e. The molecule has 0 aliphatic carbocycles. The Hall–Kier alpha value is -1.73. The second kappa shape index (κ2) is 3.94. The van der Waals surface area contributed by atoms with E-state index in [0.29, 0.717) is 18.2 Å². The molecule has 17 heavy (non-hydrogen) atoms. The van der Waals surface area contributed by atoms with Crippen molar-refractivity contribution in [2.75, 3.05) is 0 Å². The quantitative estimate of drug-likeness (QED) is 0.460. The zero-order valence-electron chi connectivity index (χ0n) is 8.39. The van der Waals surface area contributed by atoms with Gasteiger partial charge in [-0.1, -0.05) is 0 Å². The molecule has 0 unspecified atom stereocenters. The molecule has 0 spiro atoms. The van der Waals surface area contributed by atoms with Crippen LogP contribution in [0.2, 0.25) is 0 Å². The minimum atomic E-state index is -5.73. The van der Waals surface area contributed by atoms with Crippen LogP contribution in [0.3, 0.4) is 0 Å². The van der Waals surface area contributed by atoms with Crippen LogP contribution in [0.4, 0.5) is 27.6 Å². The highest BCUT2D eigenvalue weighted by Crippen LogP contribution is 2.45. The lowest BCUT2D eigenvalue weighted by atomic mass is 10.0. The van der Waals surface area contributed by atoms with Crippen molar-refractivity contribution in [1.82, 2.24) is 0 Å². The van der Waals surface area contributed by atoms with Crippen molar-refractivity contribution in [2.45, 2.75) is 19.0 Å². The van der Waals surface area contributed by atoms with Crippen molar-refractivity contribution >= 4 is 5.69 Å². The van der Waals surface area contributed by atoms with Crippen molar-refractivity contribution in [3.8, 4) is 0 Å². The molecule has 0 radical (unpaired) electrons. The molecule has 3 nitrogen and oxygen atoms in total. The van der Waals surface area contributed by atoms with E-state index in [4.69, 9.17) is 0 Å². The molecule has 0 aliphatic heterocycles. The van der Waals surface area contributed by atoms with Gasteiger partial charge in [0.1, 0.15) is 0 Å². The summed E-state index contributed by atoms with van der Waals surface area (Å²) in [7, 11) is 0. The van der Waals surface area contributed by atoms with Gasteiger partial charge >= 0.3 is 12.1 Å². The molecule has 94 valence electrons. The standard InChI is InChI=1S/C9H6F5NO2/c1-5-4-6(15(16)17)2-3-7(5)8(10,11)9(12,13)14/h2-4H,1H3. The predicted octanol–water partition coefficient (Wildman–Crippen LogP) is 3.56. The third kappa shape index (κ3) is 2.34. The minimum absolute atomic E-state index is 0.418. The van der Waals surface area contributed by atoms with Crippen molar-refractivity contribution in [3.63, 3.8) is 0 Å². The predicted molar refractivity (Wildman–Crippen MR) is 47.8 cm³/mol. The van der Waals surface area contributed by atoms with Crippen LogP contribution in [0, 0.1) is 17.0 Å². The zero-order valence-corrected chi connectivity index (χ0v) is 8.39. The van der Waals surface area contributed by atoms with Crippen LogP contribution >= 0.6 is 0 Å². The Bertz CT molecular complexity index is 455. The average Bonchev–Trinajstić information content (AvgIpc) is 2.15. The highest BCUT2D eigenvalue weighted by atomic mass is 19.4. The van der Waals surface area contributed by atoms with Crippen LogP contribution in [-0.2, 0) is 5.92 Å². The third-order valence-electron chi connectivity index (χ3n) is 2.12. The van der Waals surface area contributed by atoms with Gasteiger partial charge in [-0.3, -0.25) is 10.1 Å². The van der Waals surface area contributed by atoms with E-state index in [2.05, 4.69) is 0 Å². The molecule has 0 aliphatic rings. The summed E-state index contributed by atoms with van der Waals surface area (Å²) >= 11 is 0. The van der Waals surface area contributed by atoms with Gasteiger partial charge in [0, 0.05) is 17.7 Å². The molecule has 0 atom stereocenters. The van der Waals surface area contributed by atoms with Crippen LogP contribution in [0.15, 0.2) is 18.2 Å². The Morgan fingerprint density at radius 3 is 2.06 bits per heavy atom. The number of halogens is 5. The summed E-state index contributed by atoms with van der Waals surface area (Å²) in [6.45, 7) is 0.960. The van der Waals surface area contributed by atoms with E-state index in [0.717, 1.165) is 6.92 Å². The smallest absolute Gasteiger partial charge is 0.258 e. The van der Waals surface area contributed by atoms with Crippen molar-refractivity contribution in [2.24, 2.45) is 0 Å². The average molecular weight is 255 g/mol. The summed E-state index contributed by atoms with van der Waals surface area (Å²) in [5, 5.41) is 10.3. The number of rotatable bonds is 2. The molecule has 0 fully saturated rings. The molecule has 8 heteroatoms. The Labute approximate surface area is 92.0 Å². The molecule has 1 rings (SSSR count). The van der Waals surface area contributed by atoms with E-state index in [1.54, 1.807) is 0 Å². The maximum absolute atomic E-state index is 13.0. The summed E-state index contributed by atoms with van der Waals surface area (Å²) in [5.41, 5.74) is -2.30. The molecular weight excluding hydrogens is 249 g/mol. The number of benzene rings is 1. The second-order valence-electron chi connectivity index (χ2n) is 3.33. The van der Waals surface area contributed by atoms with Gasteiger partial charge in [-0.25, -0.2) is 0 Å². The molecular formula is C9H6F5NO2. The maximum atomic E-state index is 13.0. The molecule has 0 saturated carbocycles. The SMILES string of the molecule is Cc1cc([N+](=O)[O-])ccc1C(F)(F)C(F)(F)F. The van der Waals surface area contributed by atoms with E-state index in [9.17, 15) is 32.1 Å². The topological polar surface area (TPSA) is 43.1 Å². The highest BCUT2D eigenvalue weighted by molar-refractivity contribution is 5.41. The lowest BCUT2D eigenvalue weighted by Crippen LogP contribution is -2.34. The van der Waals surface area contributed by atoms with Gasteiger partial charge in [-0.15, -0.1) is 0 Å². The van der Waals surface area contributed by atoms with Gasteiger partial charge in [0.05, 0.1) is 4.92 Å². The molecule has 0 heterocycles. The van der Waals surface area contributed by atoms with E-state index >= 15 is 0 Å². The monoisotopic (exact) mass is 255 g/mol. The third-order valence-corrected chi connectivity index (χ3v) is 2.12. The summed E-state index contributed by atoms with van der Waals surface area (Å²) < 4.78 is 62.1. The summed E-state index contributed by atoms with van der Waals surface area (Å²) in [5.74, 6) is -5.02. The molecule has 0 aromatic heterocycles. The second-order valence-corrected chi connectivity index (χ2v) is 3.33. The number of aryl methyl sites for hydroxylation is 1. The highest BCUT2D eigenvalue weighted by Gasteiger charge is 2.59. The summed E-state index contributed by atoms with van der Waals surface area (Å²) in [6, 6.07) is 1.71.